The van der Waals surface area contributed by atoms with Gasteiger partial charge in [-0.3, -0.25) is 0 Å². The van der Waals surface area contributed by atoms with Gasteiger partial charge in [0.2, 0.25) is 5.95 Å². The summed E-state index contributed by atoms with van der Waals surface area (Å²) in [5.74, 6) is 1.00. The molecule has 0 bridgehead atoms. The molecule has 0 amide bonds. The van der Waals surface area contributed by atoms with Crippen molar-refractivity contribution >= 4 is 11.8 Å². The summed E-state index contributed by atoms with van der Waals surface area (Å²) in [7, 11) is 3.42. The van der Waals surface area contributed by atoms with Gasteiger partial charge in [-0.15, -0.1) is 0 Å². The van der Waals surface area contributed by atoms with Crippen LogP contribution in [0.2, 0.25) is 0 Å². The highest BCUT2D eigenvalue weighted by atomic mass is 19.1. The van der Waals surface area contributed by atoms with Crippen LogP contribution in [0.25, 0.3) is 0 Å². The summed E-state index contributed by atoms with van der Waals surface area (Å²) in [4.78, 5) is 13.8. The van der Waals surface area contributed by atoms with Crippen LogP contribution in [0.15, 0.2) is 10.7 Å². The van der Waals surface area contributed by atoms with Gasteiger partial charge in [-0.05, 0) is 12.8 Å². The van der Waals surface area contributed by atoms with Crippen LogP contribution in [0.4, 0.5) is 16.2 Å². The summed E-state index contributed by atoms with van der Waals surface area (Å²) in [6, 6.07) is 0. The number of nitrogens with zero attached hydrogens (tertiary/aromatic N) is 5. The first-order chi connectivity index (χ1) is 10.6. The van der Waals surface area contributed by atoms with Gasteiger partial charge in [-0.1, -0.05) is 5.16 Å². The topological polar surface area (TPSA) is 89.2 Å². The van der Waals surface area contributed by atoms with E-state index in [9.17, 15) is 4.39 Å². The Morgan fingerprint density at radius 2 is 2.27 bits per heavy atom. The van der Waals surface area contributed by atoms with Gasteiger partial charge in [0.1, 0.15) is 6.10 Å². The third-order valence-corrected chi connectivity index (χ3v) is 3.24. The second-order valence-electron chi connectivity index (χ2n) is 5.16. The minimum atomic E-state index is -0.476. The van der Waals surface area contributed by atoms with Gasteiger partial charge < -0.3 is 19.5 Å². The van der Waals surface area contributed by atoms with Gasteiger partial charge in [0, 0.05) is 20.7 Å². The molecule has 0 aromatic carbocycles. The maximum atomic E-state index is 13.5. The second kappa shape index (κ2) is 6.22. The van der Waals surface area contributed by atoms with E-state index in [1.807, 2.05) is 0 Å². The Morgan fingerprint density at radius 1 is 1.41 bits per heavy atom. The predicted octanol–water partition coefficient (Wildman–Crippen LogP) is 1.53. The summed E-state index contributed by atoms with van der Waals surface area (Å²) < 4.78 is 24.2. The average molecular weight is 308 g/mol. The van der Waals surface area contributed by atoms with Gasteiger partial charge >= 0.3 is 0 Å². The lowest BCUT2D eigenvalue weighted by molar-refractivity contribution is 0.0835. The molecule has 1 aliphatic heterocycles. The van der Waals surface area contributed by atoms with Crippen molar-refractivity contribution in [2.75, 3.05) is 30.9 Å². The number of hydrogen-bond acceptors (Lipinski definition) is 8. The van der Waals surface area contributed by atoms with Crippen molar-refractivity contribution in [1.29, 1.82) is 0 Å². The second-order valence-corrected chi connectivity index (χ2v) is 5.16. The van der Waals surface area contributed by atoms with E-state index in [2.05, 4.69) is 25.4 Å². The number of ether oxygens (including phenoxy) is 1. The molecule has 3 heterocycles. The number of hydrogen-bond donors (Lipinski definition) is 1. The van der Waals surface area contributed by atoms with E-state index < -0.39 is 5.82 Å². The molecule has 1 atom stereocenters. The van der Waals surface area contributed by atoms with Crippen LogP contribution in [-0.4, -0.2) is 40.8 Å². The first-order valence-corrected chi connectivity index (χ1v) is 7.01. The molecule has 1 saturated heterocycles. The van der Waals surface area contributed by atoms with Crippen molar-refractivity contribution in [3.8, 4) is 0 Å². The van der Waals surface area contributed by atoms with E-state index in [0.29, 0.717) is 17.7 Å². The van der Waals surface area contributed by atoms with E-state index >= 15 is 0 Å². The number of nitrogens with one attached hydrogen (secondary N) is 1. The lowest BCUT2D eigenvalue weighted by atomic mass is 10.2. The zero-order valence-corrected chi connectivity index (χ0v) is 12.4. The number of anilines is 2. The molecule has 0 saturated carbocycles. The third kappa shape index (κ3) is 3.14. The molecule has 1 unspecified atom stereocenters. The monoisotopic (exact) mass is 308 g/mol. The summed E-state index contributed by atoms with van der Waals surface area (Å²) in [6.07, 6.45) is 2.90. The van der Waals surface area contributed by atoms with Gasteiger partial charge in [0.15, 0.2) is 17.5 Å². The van der Waals surface area contributed by atoms with Crippen molar-refractivity contribution < 1.29 is 13.7 Å². The van der Waals surface area contributed by atoms with Crippen molar-refractivity contribution in [3.63, 3.8) is 0 Å². The predicted molar refractivity (Wildman–Crippen MR) is 75.9 cm³/mol. The SMILES string of the molecule is CN(C)c1nc(NCc2noc(C3CCCO3)n2)ncc1F. The van der Waals surface area contributed by atoms with E-state index in [1.54, 1.807) is 19.0 Å². The molecule has 2 aromatic heterocycles. The molecular weight excluding hydrogens is 291 g/mol. The zero-order chi connectivity index (χ0) is 15.5. The molecule has 0 spiro atoms. The van der Waals surface area contributed by atoms with Crippen molar-refractivity contribution in [2.45, 2.75) is 25.5 Å². The van der Waals surface area contributed by atoms with E-state index in [0.717, 1.165) is 25.6 Å². The van der Waals surface area contributed by atoms with Crippen LogP contribution >= 0.6 is 0 Å². The summed E-state index contributed by atoms with van der Waals surface area (Å²) in [5.41, 5.74) is 0. The Kier molecular flexibility index (Phi) is 4.14. The van der Waals surface area contributed by atoms with E-state index in [4.69, 9.17) is 9.26 Å². The normalized spacial score (nSPS) is 17.7. The molecule has 8 nitrogen and oxygen atoms in total. The molecule has 1 N–H and O–H groups in total. The molecule has 1 aliphatic rings. The largest absolute Gasteiger partial charge is 0.368 e. The molecular formula is C13H17FN6O2. The highest BCUT2D eigenvalue weighted by Crippen LogP contribution is 2.26. The van der Waals surface area contributed by atoms with Crippen LogP contribution < -0.4 is 10.2 Å². The Bertz CT molecular complexity index is 641. The molecule has 0 aliphatic carbocycles. The highest BCUT2D eigenvalue weighted by molar-refractivity contribution is 5.42. The van der Waals surface area contributed by atoms with Gasteiger partial charge in [-0.2, -0.15) is 9.97 Å². The minimum absolute atomic E-state index is 0.108. The maximum absolute atomic E-state index is 13.5. The summed E-state index contributed by atoms with van der Waals surface area (Å²) in [5, 5.41) is 6.83. The number of aromatic nitrogens is 4. The molecule has 2 aromatic rings. The van der Waals surface area contributed by atoms with Crippen molar-refractivity contribution in [3.05, 3.63) is 23.7 Å². The number of rotatable bonds is 5. The molecule has 3 rings (SSSR count). The van der Waals surface area contributed by atoms with E-state index in [1.165, 1.54) is 0 Å². The Labute approximate surface area is 126 Å². The third-order valence-electron chi connectivity index (χ3n) is 3.24. The van der Waals surface area contributed by atoms with E-state index in [-0.39, 0.29) is 18.5 Å². The first-order valence-electron chi connectivity index (χ1n) is 7.01. The van der Waals surface area contributed by atoms with Crippen molar-refractivity contribution in [2.24, 2.45) is 0 Å². The molecule has 1 fully saturated rings. The average Bonchev–Trinajstić information content (AvgIpc) is 3.17. The fourth-order valence-corrected chi connectivity index (χ4v) is 2.16. The van der Waals surface area contributed by atoms with Crippen LogP contribution in [0.5, 0.6) is 0 Å². The van der Waals surface area contributed by atoms with Gasteiger partial charge in [-0.25, -0.2) is 9.37 Å². The summed E-state index contributed by atoms with van der Waals surface area (Å²) in [6.45, 7) is 1.01. The Balaban J connectivity index is 1.64. The fourth-order valence-electron chi connectivity index (χ4n) is 2.16. The quantitative estimate of drug-likeness (QED) is 0.889. The molecule has 9 heteroatoms. The van der Waals surface area contributed by atoms with Crippen LogP contribution in [0, 0.1) is 5.82 Å². The first kappa shape index (κ1) is 14.6. The van der Waals surface area contributed by atoms with Crippen molar-refractivity contribution in [1.82, 2.24) is 20.1 Å². The van der Waals surface area contributed by atoms with Crippen LogP contribution in [-0.2, 0) is 11.3 Å². The highest BCUT2D eigenvalue weighted by Gasteiger charge is 2.23. The maximum Gasteiger partial charge on any atom is 0.255 e. The minimum Gasteiger partial charge on any atom is -0.368 e. The Hall–Kier alpha value is -2.29. The fraction of sp³-hybridized carbons (Fsp3) is 0.538. The van der Waals surface area contributed by atoms with Crippen LogP contribution in [0.1, 0.15) is 30.7 Å². The summed E-state index contributed by atoms with van der Waals surface area (Å²) >= 11 is 0. The molecule has 0 radical (unpaired) electrons. The lowest BCUT2D eigenvalue weighted by Gasteiger charge is -2.12. The zero-order valence-electron chi connectivity index (χ0n) is 12.4. The van der Waals surface area contributed by atoms with Gasteiger partial charge in [0.25, 0.3) is 5.89 Å². The molecule has 118 valence electrons. The lowest BCUT2D eigenvalue weighted by Crippen LogP contribution is -2.15. The standard InChI is InChI=1S/C13H17FN6O2/c1-20(2)11-8(14)6-15-13(18-11)16-7-10-17-12(22-19-10)9-4-3-5-21-9/h6,9H,3-5,7H2,1-2H3,(H,15,16,18). The Morgan fingerprint density at radius 3 is 3.00 bits per heavy atom. The smallest absolute Gasteiger partial charge is 0.255 e. The van der Waals surface area contributed by atoms with Gasteiger partial charge in [0.05, 0.1) is 12.7 Å². The van der Waals surface area contributed by atoms with Crippen LogP contribution in [0.3, 0.4) is 0 Å². The number of halogens is 1. The molecule has 22 heavy (non-hydrogen) atoms.